The molecule has 2 fully saturated rings. The van der Waals surface area contributed by atoms with Crippen LogP contribution in [0.2, 0.25) is 0 Å². The van der Waals surface area contributed by atoms with Gasteiger partial charge in [-0.15, -0.1) is 0 Å². The summed E-state index contributed by atoms with van der Waals surface area (Å²) in [6.45, 7) is 2.32. The lowest BCUT2D eigenvalue weighted by Crippen LogP contribution is -2.18. The van der Waals surface area contributed by atoms with E-state index in [-0.39, 0.29) is 0 Å². The van der Waals surface area contributed by atoms with Crippen LogP contribution in [0.25, 0.3) is 11.3 Å². The smallest absolute Gasteiger partial charge is 0.120 e. The van der Waals surface area contributed by atoms with Gasteiger partial charge in [-0.25, -0.2) is 9.97 Å². The van der Waals surface area contributed by atoms with Crippen molar-refractivity contribution in [1.29, 1.82) is 0 Å². The van der Waals surface area contributed by atoms with E-state index in [1.165, 1.54) is 12.8 Å². The molecule has 0 radical (unpaired) electrons. The Balaban J connectivity index is 1.49. The Morgan fingerprint density at radius 1 is 1.10 bits per heavy atom. The van der Waals surface area contributed by atoms with Crippen molar-refractivity contribution < 1.29 is 4.74 Å². The summed E-state index contributed by atoms with van der Waals surface area (Å²) in [7, 11) is 0. The number of benzene rings is 1. The molecule has 3 atom stereocenters. The zero-order valence-corrected chi connectivity index (χ0v) is 11.9. The van der Waals surface area contributed by atoms with E-state index in [2.05, 4.69) is 27.4 Å². The monoisotopic (exact) mass is 281 g/mol. The summed E-state index contributed by atoms with van der Waals surface area (Å²) < 4.78 is 6.20. The van der Waals surface area contributed by atoms with Crippen molar-refractivity contribution in [1.82, 2.24) is 15.3 Å². The van der Waals surface area contributed by atoms with Gasteiger partial charge in [-0.2, -0.15) is 0 Å². The summed E-state index contributed by atoms with van der Waals surface area (Å²) in [4.78, 5) is 8.25. The topological polar surface area (TPSA) is 47.0 Å². The number of rotatable bonds is 3. The van der Waals surface area contributed by atoms with Gasteiger partial charge in [-0.1, -0.05) is 12.1 Å². The van der Waals surface area contributed by atoms with Crippen LogP contribution in [0, 0.1) is 11.8 Å². The zero-order valence-electron chi connectivity index (χ0n) is 11.9. The number of ether oxygens (including phenoxy) is 1. The Hall–Kier alpha value is -1.94. The molecule has 1 aromatic heterocycles. The number of nitrogens with one attached hydrogen (secondary N) is 1. The van der Waals surface area contributed by atoms with E-state index in [1.54, 1.807) is 12.5 Å². The third-order valence-electron chi connectivity index (χ3n) is 4.63. The van der Waals surface area contributed by atoms with Crippen LogP contribution in [0.4, 0.5) is 0 Å². The molecule has 1 N–H and O–H groups in total. The van der Waals surface area contributed by atoms with E-state index in [1.807, 2.05) is 18.2 Å². The Labute approximate surface area is 124 Å². The highest BCUT2D eigenvalue weighted by Gasteiger charge is 2.38. The van der Waals surface area contributed by atoms with E-state index in [0.29, 0.717) is 6.10 Å². The molecule has 1 saturated heterocycles. The molecule has 0 unspecified atom stereocenters. The van der Waals surface area contributed by atoms with Crippen LogP contribution in [0.5, 0.6) is 5.75 Å². The Morgan fingerprint density at radius 2 is 1.95 bits per heavy atom. The Bertz CT molecular complexity index is 604. The fourth-order valence-corrected chi connectivity index (χ4v) is 3.59. The third kappa shape index (κ3) is 2.63. The molecular formula is C17H19N3O. The van der Waals surface area contributed by atoms with Crippen LogP contribution in [0.15, 0.2) is 42.9 Å². The van der Waals surface area contributed by atoms with Crippen molar-refractivity contribution in [2.45, 2.75) is 18.9 Å². The quantitative estimate of drug-likeness (QED) is 0.939. The van der Waals surface area contributed by atoms with Crippen molar-refractivity contribution in [2.75, 3.05) is 13.1 Å². The van der Waals surface area contributed by atoms with E-state index in [4.69, 9.17) is 4.74 Å². The maximum absolute atomic E-state index is 6.20. The van der Waals surface area contributed by atoms with Crippen molar-refractivity contribution in [3.63, 3.8) is 0 Å². The van der Waals surface area contributed by atoms with Crippen LogP contribution in [-0.4, -0.2) is 29.2 Å². The van der Waals surface area contributed by atoms with Gasteiger partial charge in [0, 0.05) is 11.8 Å². The molecule has 0 spiro atoms. The van der Waals surface area contributed by atoms with Crippen molar-refractivity contribution >= 4 is 0 Å². The minimum atomic E-state index is 0.364. The molecule has 0 amide bonds. The highest BCUT2D eigenvalue weighted by Crippen LogP contribution is 2.36. The van der Waals surface area contributed by atoms with Crippen LogP contribution < -0.4 is 10.1 Å². The van der Waals surface area contributed by atoms with E-state index < -0.39 is 0 Å². The van der Waals surface area contributed by atoms with Gasteiger partial charge in [0.2, 0.25) is 0 Å². The number of nitrogens with zero attached hydrogens (tertiary/aromatic N) is 2. The lowest BCUT2D eigenvalue weighted by atomic mass is 10.0. The molecule has 0 bridgehead atoms. The third-order valence-corrected chi connectivity index (χ3v) is 4.63. The largest absolute Gasteiger partial charge is 0.490 e. The van der Waals surface area contributed by atoms with Gasteiger partial charge in [0.15, 0.2) is 0 Å². The Kier molecular flexibility index (Phi) is 3.31. The first-order chi connectivity index (χ1) is 10.4. The van der Waals surface area contributed by atoms with Gasteiger partial charge < -0.3 is 10.1 Å². The molecule has 1 saturated carbocycles. The van der Waals surface area contributed by atoms with Crippen molar-refractivity contribution in [2.24, 2.45) is 11.8 Å². The number of hydrogen-bond donors (Lipinski definition) is 1. The molecular weight excluding hydrogens is 262 g/mol. The first kappa shape index (κ1) is 12.8. The molecule has 21 heavy (non-hydrogen) atoms. The predicted octanol–water partition coefficient (Wildman–Crippen LogP) is 2.52. The number of aromatic nitrogens is 2. The normalized spacial score (nSPS) is 27.5. The molecule has 2 aliphatic rings. The van der Waals surface area contributed by atoms with Gasteiger partial charge in [0.25, 0.3) is 0 Å². The predicted molar refractivity (Wildman–Crippen MR) is 81.0 cm³/mol. The number of hydrogen-bond acceptors (Lipinski definition) is 4. The van der Waals surface area contributed by atoms with Crippen molar-refractivity contribution in [3.05, 3.63) is 42.9 Å². The summed E-state index contributed by atoms with van der Waals surface area (Å²) in [6, 6.07) is 10.1. The first-order valence-electron chi connectivity index (χ1n) is 7.62. The van der Waals surface area contributed by atoms with Crippen LogP contribution in [0.1, 0.15) is 12.8 Å². The van der Waals surface area contributed by atoms with Gasteiger partial charge >= 0.3 is 0 Å². The standard InChI is InChI=1S/C17H19N3O/c1-2-12(17-4-5-18-11-20-17)6-15(3-1)21-16-7-13-9-19-10-14(13)8-16/h1-6,11,13-14,16,19H,7-10H2/t13-,14+,16+. The maximum atomic E-state index is 6.20. The molecule has 2 heterocycles. The Morgan fingerprint density at radius 3 is 2.71 bits per heavy atom. The second-order valence-corrected chi connectivity index (χ2v) is 6.01. The summed E-state index contributed by atoms with van der Waals surface area (Å²) >= 11 is 0. The van der Waals surface area contributed by atoms with E-state index in [0.717, 1.165) is 41.9 Å². The molecule has 1 aromatic carbocycles. The van der Waals surface area contributed by atoms with Crippen LogP contribution in [-0.2, 0) is 0 Å². The summed E-state index contributed by atoms with van der Waals surface area (Å²) in [5.41, 5.74) is 2.01. The summed E-state index contributed by atoms with van der Waals surface area (Å²) in [5, 5.41) is 3.47. The lowest BCUT2D eigenvalue weighted by Gasteiger charge is -2.15. The molecule has 4 rings (SSSR count). The van der Waals surface area contributed by atoms with Crippen LogP contribution >= 0.6 is 0 Å². The minimum absolute atomic E-state index is 0.364. The summed E-state index contributed by atoms with van der Waals surface area (Å²) in [6.07, 6.45) is 6.06. The van der Waals surface area contributed by atoms with E-state index in [9.17, 15) is 0 Å². The van der Waals surface area contributed by atoms with Gasteiger partial charge in [-0.3, -0.25) is 0 Å². The highest BCUT2D eigenvalue weighted by atomic mass is 16.5. The molecule has 2 aromatic rings. The van der Waals surface area contributed by atoms with E-state index >= 15 is 0 Å². The van der Waals surface area contributed by atoms with Gasteiger partial charge in [-0.05, 0) is 56.0 Å². The second-order valence-electron chi connectivity index (χ2n) is 6.01. The summed E-state index contributed by atoms with van der Waals surface area (Å²) in [5.74, 6) is 2.56. The zero-order chi connectivity index (χ0) is 14.1. The number of fused-ring (bicyclic) bond motifs is 1. The van der Waals surface area contributed by atoms with Gasteiger partial charge in [0.05, 0.1) is 11.8 Å². The van der Waals surface area contributed by atoms with Crippen LogP contribution in [0.3, 0.4) is 0 Å². The minimum Gasteiger partial charge on any atom is -0.490 e. The average Bonchev–Trinajstić information content (AvgIpc) is 3.10. The average molecular weight is 281 g/mol. The molecule has 1 aliphatic carbocycles. The fourth-order valence-electron chi connectivity index (χ4n) is 3.59. The molecule has 4 heteroatoms. The second kappa shape index (κ2) is 5.45. The van der Waals surface area contributed by atoms with Gasteiger partial charge in [0.1, 0.15) is 12.1 Å². The van der Waals surface area contributed by atoms with Crippen molar-refractivity contribution in [3.8, 4) is 17.0 Å². The lowest BCUT2D eigenvalue weighted by molar-refractivity contribution is 0.199. The molecule has 108 valence electrons. The molecule has 1 aliphatic heterocycles. The highest BCUT2D eigenvalue weighted by molar-refractivity contribution is 5.60. The maximum Gasteiger partial charge on any atom is 0.120 e. The first-order valence-corrected chi connectivity index (χ1v) is 7.62. The molecule has 4 nitrogen and oxygen atoms in total. The SMILES string of the molecule is c1cc(O[C@@H]2C[C@H]3CNC[C@H]3C2)cc(-c2ccncn2)c1. The fraction of sp³-hybridized carbons (Fsp3) is 0.412.